The number of amides is 1. The van der Waals surface area contributed by atoms with Gasteiger partial charge in [0.05, 0.1) is 11.9 Å². The van der Waals surface area contributed by atoms with Gasteiger partial charge in [-0.1, -0.05) is 18.8 Å². The molecule has 2 heterocycles. The lowest BCUT2D eigenvalue weighted by Crippen LogP contribution is -2.26. The van der Waals surface area contributed by atoms with Crippen molar-refractivity contribution in [3.05, 3.63) is 71.7 Å². The van der Waals surface area contributed by atoms with Crippen LogP contribution in [0.5, 0.6) is 5.75 Å². The van der Waals surface area contributed by atoms with Crippen molar-refractivity contribution >= 4 is 23.1 Å². The molecule has 11 heteroatoms. The Labute approximate surface area is 224 Å². The Hall–Kier alpha value is -4.53. The lowest BCUT2D eigenvalue weighted by Gasteiger charge is -2.13. The summed E-state index contributed by atoms with van der Waals surface area (Å²) in [5.41, 5.74) is 8.33. The van der Waals surface area contributed by atoms with E-state index < -0.39 is 11.6 Å². The van der Waals surface area contributed by atoms with Crippen molar-refractivity contribution in [1.82, 2.24) is 19.7 Å². The molecule has 0 radical (unpaired) electrons. The van der Waals surface area contributed by atoms with Crippen LogP contribution in [0.1, 0.15) is 29.3 Å². The van der Waals surface area contributed by atoms with Crippen LogP contribution in [-0.2, 0) is 6.42 Å². The van der Waals surface area contributed by atoms with Crippen LogP contribution < -0.4 is 21.1 Å². The summed E-state index contributed by atoms with van der Waals surface area (Å²) in [4.78, 5) is 21.3. The van der Waals surface area contributed by atoms with Crippen LogP contribution in [0.4, 0.5) is 20.3 Å². The zero-order valence-corrected chi connectivity index (χ0v) is 21.3. The van der Waals surface area contributed by atoms with Crippen LogP contribution >= 0.6 is 0 Å². The highest BCUT2D eigenvalue weighted by Gasteiger charge is 2.20. The van der Waals surface area contributed by atoms with E-state index in [0.717, 1.165) is 5.56 Å². The van der Waals surface area contributed by atoms with Gasteiger partial charge in [0.2, 0.25) is 5.82 Å². The number of aliphatic hydroxyl groups excluding tert-OH is 1. The molecule has 0 bridgehead atoms. The third-order valence-electron chi connectivity index (χ3n) is 5.91. The Morgan fingerprint density at radius 3 is 2.79 bits per heavy atom. The van der Waals surface area contributed by atoms with E-state index in [2.05, 4.69) is 32.4 Å². The molecular formula is C28H28F2N6O3. The average molecular weight is 535 g/mol. The Kier molecular flexibility index (Phi) is 9.04. The van der Waals surface area contributed by atoms with Gasteiger partial charge in [-0.05, 0) is 55.3 Å². The molecule has 0 spiro atoms. The van der Waals surface area contributed by atoms with Crippen molar-refractivity contribution < 1.29 is 23.4 Å². The molecule has 0 fully saturated rings. The molecule has 0 unspecified atom stereocenters. The number of imidazole rings is 1. The molecule has 5 N–H and O–H groups in total. The van der Waals surface area contributed by atoms with E-state index in [1.807, 2.05) is 13.0 Å². The van der Waals surface area contributed by atoms with Crippen LogP contribution in [0, 0.1) is 23.5 Å². The number of nitrogens with two attached hydrogens (primary N) is 1. The first-order valence-corrected chi connectivity index (χ1v) is 12.4. The van der Waals surface area contributed by atoms with E-state index in [-0.39, 0.29) is 30.4 Å². The number of aryl methyl sites for hydroxylation is 1. The van der Waals surface area contributed by atoms with E-state index in [1.54, 1.807) is 22.7 Å². The first-order chi connectivity index (χ1) is 19.0. The fraction of sp³-hybridized carbons (Fsp3) is 0.250. The summed E-state index contributed by atoms with van der Waals surface area (Å²) in [6.45, 7) is 2.43. The van der Waals surface area contributed by atoms with Gasteiger partial charge in [-0.25, -0.2) is 14.4 Å². The zero-order valence-electron chi connectivity index (χ0n) is 21.3. The first-order valence-electron chi connectivity index (χ1n) is 12.4. The van der Waals surface area contributed by atoms with Crippen molar-refractivity contribution in [1.29, 1.82) is 0 Å². The minimum absolute atomic E-state index is 0.00999. The van der Waals surface area contributed by atoms with Crippen molar-refractivity contribution in [3.8, 4) is 28.8 Å². The predicted molar refractivity (Wildman–Crippen MR) is 144 cm³/mol. The molecule has 9 nitrogen and oxygen atoms in total. The van der Waals surface area contributed by atoms with E-state index in [4.69, 9.17) is 15.6 Å². The highest BCUT2D eigenvalue weighted by Crippen LogP contribution is 2.32. The van der Waals surface area contributed by atoms with E-state index in [0.29, 0.717) is 54.3 Å². The standard InChI is InChI=1S/C28H28F2N6O3/c1-2-18-16-19(6-7-20(18)28(38)33-11-5-10-31)35-26-27-34-17-22(36(27)13-12-32-26)21-8-9-23(25(30)24(21)29)39-15-4-3-14-37/h6-9,12-13,16-17,37H,2,5,10-11,14-15,31H2,1H3,(H,32,35)(H,33,38). The number of aromatic nitrogens is 3. The maximum Gasteiger partial charge on any atom is 0.251 e. The Morgan fingerprint density at radius 2 is 2.03 bits per heavy atom. The number of hydrogen-bond donors (Lipinski definition) is 4. The number of halogens is 2. The number of aliphatic hydroxyl groups is 1. The Morgan fingerprint density at radius 1 is 1.18 bits per heavy atom. The van der Waals surface area contributed by atoms with Gasteiger partial charge in [0.15, 0.2) is 23.0 Å². The maximum absolute atomic E-state index is 15.0. The number of nitrogens with zero attached hydrogens (tertiary/aromatic N) is 3. The fourth-order valence-corrected chi connectivity index (χ4v) is 3.99. The second kappa shape index (κ2) is 12.8. The van der Waals surface area contributed by atoms with E-state index >= 15 is 4.39 Å². The monoisotopic (exact) mass is 534 g/mol. The molecule has 1 amide bonds. The molecule has 0 saturated heterocycles. The molecule has 0 aliphatic carbocycles. The summed E-state index contributed by atoms with van der Waals surface area (Å²) >= 11 is 0. The summed E-state index contributed by atoms with van der Waals surface area (Å²) in [7, 11) is 0. The lowest BCUT2D eigenvalue weighted by molar-refractivity contribution is 0.0952. The maximum atomic E-state index is 15.0. The normalized spacial score (nSPS) is 10.7. The Bertz CT molecular complexity index is 1540. The smallest absolute Gasteiger partial charge is 0.251 e. The molecule has 202 valence electrons. The molecule has 0 aliphatic heterocycles. The Balaban J connectivity index is 1.60. The number of fused-ring (bicyclic) bond motifs is 1. The van der Waals surface area contributed by atoms with Crippen molar-refractivity contribution in [2.75, 3.05) is 31.6 Å². The van der Waals surface area contributed by atoms with Crippen molar-refractivity contribution in [2.24, 2.45) is 5.73 Å². The number of hydrogen-bond acceptors (Lipinski definition) is 7. The minimum Gasteiger partial charge on any atom is -0.478 e. The summed E-state index contributed by atoms with van der Waals surface area (Å²) in [6.07, 6.45) is 5.88. The molecule has 0 aliphatic rings. The van der Waals surface area contributed by atoms with Crippen LogP contribution in [0.15, 0.2) is 48.9 Å². The molecule has 4 aromatic rings. The van der Waals surface area contributed by atoms with Gasteiger partial charge in [-0.2, -0.15) is 4.39 Å². The SMILES string of the molecule is CCc1cc(Nc2nccn3c(-c4ccc(OCC#CCO)c(F)c4F)cnc23)ccc1C(=O)NCCCN. The van der Waals surface area contributed by atoms with Crippen LogP contribution in [0.2, 0.25) is 0 Å². The van der Waals surface area contributed by atoms with Crippen molar-refractivity contribution in [3.63, 3.8) is 0 Å². The fourth-order valence-electron chi connectivity index (χ4n) is 3.99. The second-order valence-electron chi connectivity index (χ2n) is 8.40. The quantitative estimate of drug-likeness (QED) is 0.181. The second-order valence-corrected chi connectivity index (χ2v) is 8.40. The number of nitrogens with one attached hydrogen (secondary N) is 2. The summed E-state index contributed by atoms with van der Waals surface area (Å²) < 4.78 is 36.5. The summed E-state index contributed by atoms with van der Waals surface area (Å²) in [5, 5.41) is 14.8. The van der Waals surface area contributed by atoms with Crippen LogP contribution in [0.3, 0.4) is 0 Å². The summed E-state index contributed by atoms with van der Waals surface area (Å²) in [6, 6.07) is 8.09. The molecule has 0 atom stereocenters. The highest BCUT2D eigenvalue weighted by molar-refractivity contribution is 5.96. The van der Waals surface area contributed by atoms with Gasteiger partial charge in [-0.3, -0.25) is 9.20 Å². The zero-order chi connectivity index (χ0) is 27.8. The van der Waals surface area contributed by atoms with Crippen molar-refractivity contribution in [2.45, 2.75) is 19.8 Å². The van der Waals surface area contributed by atoms with Gasteiger partial charge in [0.25, 0.3) is 5.91 Å². The number of carbonyl (C=O) groups is 1. The van der Waals surface area contributed by atoms with Crippen LogP contribution in [-0.4, -0.2) is 51.7 Å². The molecule has 2 aromatic heterocycles. The van der Waals surface area contributed by atoms with Gasteiger partial charge < -0.3 is 26.2 Å². The molecule has 39 heavy (non-hydrogen) atoms. The molecule has 2 aromatic carbocycles. The average Bonchev–Trinajstić information content (AvgIpc) is 3.38. The third-order valence-corrected chi connectivity index (χ3v) is 5.91. The number of benzene rings is 2. The van der Waals surface area contributed by atoms with Gasteiger partial charge >= 0.3 is 0 Å². The highest BCUT2D eigenvalue weighted by atomic mass is 19.2. The van der Waals surface area contributed by atoms with E-state index in [1.165, 1.54) is 24.5 Å². The van der Waals surface area contributed by atoms with Gasteiger partial charge in [0.1, 0.15) is 13.2 Å². The topological polar surface area (TPSA) is 127 Å². The third kappa shape index (κ3) is 6.14. The largest absolute Gasteiger partial charge is 0.478 e. The lowest BCUT2D eigenvalue weighted by atomic mass is 10.0. The first kappa shape index (κ1) is 27.5. The number of rotatable bonds is 10. The van der Waals surface area contributed by atoms with E-state index in [9.17, 15) is 9.18 Å². The number of carbonyl (C=O) groups excluding carboxylic acids is 1. The predicted octanol–water partition coefficient (Wildman–Crippen LogP) is 3.43. The molecule has 0 saturated carbocycles. The number of anilines is 2. The minimum atomic E-state index is -1.15. The summed E-state index contributed by atoms with van der Waals surface area (Å²) in [5.74, 6) is 2.56. The van der Waals surface area contributed by atoms with Gasteiger partial charge in [-0.15, -0.1) is 0 Å². The number of ether oxygens (including phenoxy) is 1. The molecule has 4 rings (SSSR count). The molecular weight excluding hydrogens is 506 g/mol. The van der Waals surface area contributed by atoms with Crippen LogP contribution in [0.25, 0.3) is 16.9 Å². The van der Waals surface area contributed by atoms with Gasteiger partial charge in [0, 0.05) is 35.8 Å².